The highest BCUT2D eigenvalue weighted by atomic mass is 35.5. The molecule has 0 spiro atoms. The first-order chi connectivity index (χ1) is 16.3. The molecule has 4 aromatic rings. The van der Waals surface area contributed by atoms with Crippen molar-refractivity contribution in [3.8, 4) is 11.1 Å². The highest BCUT2D eigenvalue weighted by Crippen LogP contribution is 2.38. The molecule has 3 heterocycles. The number of benzene rings is 2. The molecule has 2 aromatic carbocycles. The van der Waals surface area contributed by atoms with Crippen LogP contribution in [0.2, 0.25) is 5.02 Å². The monoisotopic (exact) mass is 482 g/mol. The van der Waals surface area contributed by atoms with Crippen LogP contribution in [0.5, 0.6) is 0 Å². The molecule has 10 heteroatoms. The zero-order valence-corrected chi connectivity index (χ0v) is 19.2. The van der Waals surface area contributed by atoms with Gasteiger partial charge >= 0.3 is 6.03 Å². The number of anilines is 2. The predicted molar refractivity (Wildman–Crippen MR) is 128 cm³/mol. The van der Waals surface area contributed by atoms with Crippen molar-refractivity contribution >= 4 is 40.2 Å². The Morgan fingerprint density at radius 1 is 1.18 bits per heavy atom. The number of halogens is 3. The summed E-state index contributed by atoms with van der Waals surface area (Å²) in [5.74, 6) is -0.829. The molecule has 1 atom stereocenters. The predicted octanol–water partition coefficient (Wildman–Crippen LogP) is 5.15. The van der Waals surface area contributed by atoms with E-state index in [4.69, 9.17) is 17.3 Å². The number of amides is 2. The molecule has 0 saturated carbocycles. The minimum Gasteiger partial charge on any atom is -0.383 e. The summed E-state index contributed by atoms with van der Waals surface area (Å²) in [5.41, 5.74) is 8.20. The van der Waals surface area contributed by atoms with Gasteiger partial charge in [0.05, 0.1) is 23.0 Å². The number of carbonyl (C=O) groups excluding carboxylic acids is 1. The van der Waals surface area contributed by atoms with Gasteiger partial charge in [0.1, 0.15) is 29.4 Å². The van der Waals surface area contributed by atoms with E-state index in [1.165, 1.54) is 23.4 Å². The van der Waals surface area contributed by atoms with Crippen molar-refractivity contribution < 1.29 is 13.6 Å². The fraction of sp³-hybridized carbons (Fsp3) is 0.208. The second-order valence-corrected chi connectivity index (χ2v) is 8.52. The molecule has 0 radical (unpaired) electrons. The van der Waals surface area contributed by atoms with E-state index in [9.17, 15) is 9.18 Å². The van der Waals surface area contributed by atoms with Crippen LogP contribution < -0.4 is 10.6 Å². The number of carbonyl (C=O) groups is 1. The van der Waals surface area contributed by atoms with E-state index in [0.717, 1.165) is 0 Å². The van der Waals surface area contributed by atoms with Crippen LogP contribution in [0, 0.1) is 11.6 Å². The molecule has 1 aliphatic rings. The van der Waals surface area contributed by atoms with Crippen LogP contribution in [-0.4, -0.2) is 38.6 Å². The summed E-state index contributed by atoms with van der Waals surface area (Å²) in [7, 11) is 1.79. The van der Waals surface area contributed by atoms with E-state index < -0.39 is 17.7 Å². The second kappa shape index (κ2) is 8.25. The average molecular weight is 483 g/mol. The van der Waals surface area contributed by atoms with Gasteiger partial charge in [-0.2, -0.15) is 0 Å². The van der Waals surface area contributed by atoms with Gasteiger partial charge in [0.2, 0.25) is 0 Å². The lowest BCUT2D eigenvalue weighted by Gasteiger charge is -2.22. The molecule has 1 fully saturated rings. The summed E-state index contributed by atoms with van der Waals surface area (Å²) < 4.78 is 31.9. The minimum atomic E-state index is -0.556. The Labute approximate surface area is 199 Å². The van der Waals surface area contributed by atoms with Gasteiger partial charge in [-0.05, 0) is 31.2 Å². The molecule has 7 nitrogen and oxygen atoms in total. The van der Waals surface area contributed by atoms with Gasteiger partial charge < -0.3 is 15.2 Å². The lowest BCUT2D eigenvalue weighted by molar-refractivity contribution is 0.208. The van der Waals surface area contributed by atoms with Crippen LogP contribution in [0.15, 0.2) is 48.9 Å². The maximum atomic E-state index is 15.4. The van der Waals surface area contributed by atoms with E-state index >= 15 is 4.39 Å². The van der Waals surface area contributed by atoms with Crippen LogP contribution in [0.3, 0.4) is 0 Å². The van der Waals surface area contributed by atoms with Crippen LogP contribution >= 0.6 is 11.6 Å². The first-order valence-electron chi connectivity index (χ1n) is 10.7. The summed E-state index contributed by atoms with van der Waals surface area (Å²) in [4.78, 5) is 24.4. The fourth-order valence-electron chi connectivity index (χ4n) is 4.58. The maximum absolute atomic E-state index is 15.4. The minimum absolute atomic E-state index is 0.00631. The smallest absolute Gasteiger partial charge is 0.325 e. The summed E-state index contributed by atoms with van der Waals surface area (Å²) in [5, 5.41) is 0.552. The number of nitrogens with zero attached hydrogens (tertiary/aromatic N) is 5. The van der Waals surface area contributed by atoms with Crippen molar-refractivity contribution in [2.75, 3.05) is 23.7 Å². The lowest BCUT2D eigenvalue weighted by Crippen LogP contribution is -2.32. The molecule has 1 saturated heterocycles. The Balaban J connectivity index is 1.53. The Morgan fingerprint density at radius 3 is 2.71 bits per heavy atom. The number of urea groups is 1. The lowest BCUT2D eigenvalue weighted by atomic mass is 10.0. The van der Waals surface area contributed by atoms with Crippen molar-refractivity contribution in [2.24, 2.45) is 7.05 Å². The fourth-order valence-corrected chi connectivity index (χ4v) is 4.76. The standard InChI is InChI=1S/C24H21ClF2N6O/c1-3-32-19(15-5-4-6-17(25)21(15)27)11-33(24(32)34)13-7-8-14(18(26)9-13)16-10-31(2)23-20(16)22(28)29-12-30-23/h4-10,12,19H,3,11H2,1-2H3,(H2,28,29,30). The molecule has 2 N–H and O–H groups in total. The highest BCUT2D eigenvalue weighted by Gasteiger charge is 2.39. The topological polar surface area (TPSA) is 80.3 Å². The summed E-state index contributed by atoms with van der Waals surface area (Å²) >= 11 is 5.96. The number of hydrogen-bond acceptors (Lipinski definition) is 4. The molecule has 0 aliphatic carbocycles. The SMILES string of the molecule is CCN1C(=O)N(c2ccc(-c3cn(C)c4ncnc(N)c34)c(F)c2)CC1c1cccc(Cl)c1F. The van der Waals surface area contributed by atoms with Crippen molar-refractivity contribution in [3.63, 3.8) is 0 Å². The number of nitrogen functional groups attached to an aromatic ring is 1. The quantitative estimate of drug-likeness (QED) is 0.436. The van der Waals surface area contributed by atoms with Gasteiger partial charge in [0.15, 0.2) is 0 Å². The van der Waals surface area contributed by atoms with Crippen molar-refractivity contribution in [1.82, 2.24) is 19.4 Å². The Bertz CT molecular complexity index is 1440. The number of aryl methyl sites for hydroxylation is 1. The van der Waals surface area contributed by atoms with Gasteiger partial charge in [0.25, 0.3) is 0 Å². The van der Waals surface area contributed by atoms with E-state index in [1.807, 2.05) is 6.92 Å². The first kappa shape index (κ1) is 22.1. The van der Waals surface area contributed by atoms with Crippen LogP contribution in [0.25, 0.3) is 22.2 Å². The molecule has 0 bridgehead atoms. The number of nitrogens with two attached hydrogens (primary N) is 1. The largest absolute Gasteiger partial charge is 0.383 e. The van der Waals surface area contributed by atoms with Gasteiger partial charge in [-0.15, -0.1) is 0 Å². The van der Waals surface area contributed by atoms with E-state index in [1.54, 1.807) is 47.0 Å². The summed E-state index contributed by atoms with van der Waals surface area (Å²) in [6, 6.07) is 8.41. The van der Waals surface area contributed by atoms with Gasteiger partial charge in [0, 0.05) is 42.2 Å². The molecular weight excluding hydrogens is 462 g/mol. The normalized spacial score (nSPS) is 16.1. The van der Waals surface area contributed by atoms with Crippen molar-refractivity contribution in [3.05, 3.63) is 71.1 Å². The third-order valence-corrected chi connectivity index (χ3v) is 6.52. The Morgan fingerprint density at radius 2 is 1.97 bits per heavy atom. The van der Waals surface area contributed by atoms with Crippen LogP contribution in [0.1, 0.15) is 18.5 Å². The number of likely N-dealkylation sites (N-methyl/N-ethyl adjacent to an activating group) is 1. The Hall–Kier alpha value is -3.72. The van der Waals surface area contributed by atoms with Crippen molar-refractivity contribution in [2.45, 2.75) is 13.0 Å². The molecule has 1 unspecified atom stereocenters. The summed E-state index contributed by atoms with van der Waals surface area (Å²) in [6.07, 6.45) is 3.10. The van der Waals surface area contributed by atoms with Gasteiger partial charge in [-0.3, -0.25) is 4.90 Å². The third-order valence-electron chi connectivity index (χ3n) is 6.23. The molecule has 174 valence electrons. The van der Waals surface area contributed by atoms with Crippen molar-refractivity contribution in [1.29, 1.82) is 0 Å². The molecule has 1 aliphatic heterocycles. The zero-order valence-electron chi connectivity index (χ0n) is 18.5. The van der Waals surface area contributed by atoms with E-state index in [0.29, 0.717) is 40.0 Å². The van der Waals surface area contributed by atoms with Crippen LogP contribution in [-0.2, 0) is 7.05 Å². The average Bonchev–Trinajstić information content (AvgIpc) is 3.33. The third kappa shape index (κ3) is 3.35. The first-order valence-corrected chi connectivity index (χ1v) is 11.1. The van der Waals surface area contributed by atoms with Gasteiger partial charge in [-0.1, -0.05) is 23.7 Å². The van der Waals surface area contributed by atoms with E-state index in [2.05, 4.69) is 9.97 Å². The number of rotatable bonds is 4. The number of fused-ring (bicyclic) bond motifs is 1. The number of aromatic nitrogens is 3. The Kier molecular flexibility index (Phi) is 5.36. The molecule has 2 amide bonds. The van der Waals surface area contributed by atoms with Crippen LogP contribution in [0.4, 0.5) is 25.1 Å². The highest BCUT2D eigenvalue weighted by molar-refractivity contribution is 6.30. The van der Waals surface area contributed by atoms with E-state index in [-0.39, 0.29) is 23.4 Å². The number of hydrogen-bond donors (Lipinski definition) is 1. The second-order valence-electron chi connectivity index (χ2n) is 8.11. The maximum Gasteiger partial charge on any atom is 0.325 e. The molecule has 34 heavy (non-hydrogen) atoms. The zero-order chi connectivity index (χ0) is 24.1. The van der Waals surface area contributed by atoms with Gasteiger partial charge in [-0.25, -0.2) is 23.5 Å². The molecular formula is C24H21ClF2N6O. The summed E-state index contributed by atoms with van der Waals surface area (Å²) in [6.45, 7) is 2.34. The molecule has 2 aromatic heterocycles. The molecule has 5 rings (SSSR count).